The number of hydrogen-bond acceptors (Lipinski definition) is 4. The van der Waals surface area contributed by atoms with Crippen LogP contribution in [0.5, 0.6) is 0 Å². The number of carboxylic acids is 3. The first-order valence-electron chi connectivity index (χ1n) is 5.24. The van der Waals surface area contributed by atoms with Gasteiger partial charge in [0, 0.05) is 17.5 Å². The number of carbonyl (C=O) groups is 3. The second-order valence-electron chi connectivity index (χ2n) is 3.49. The molecule has 0 aliphatic carbocycles. The zero-order valence-corrected chi connectivity index (χ0v) is 10.0. The highest BCUT2D eigenvalue weighted by atomic mass is 16.4. The van der Waals surface area contributed by atoms with E-state index in [4.69, 9.17) is 19.7 Å². The summed E-state index contributed by atoms with van der Waals surface area (Å²) in [5.41, 5.74) is 0.990. The fourth-order valence-electron chi connectivity index (χ4n) is 1.24. The standard InChI is InChI=1S/C9H6O3.C4H4O4/c10-9(11)7-1-2-8-6(5-7)3-4-12-8;5-3(6)1-2-4(7)8/h1-5H,(H,10,11);1-2H,(H,5,6)(H,7,8). The Hall–Kier alpha value is -3.09. The minimum atomic E-state index is -1.26. The predicted molar refractivity (Wildman–Crippen MR) is 67.6 cm³/mol. The van der Waals surface area contributed by atoms with E-state index in [0.29, 0.717) is 17.7 Å². The Kier molecular flexibility index (Phi) is 5.04. The van der Waals surface area contributed by atoms with Gasteiger partial charge >= 0.3 is 17.9 Å². The van der Waals surface area contributed by atoms with Crippen LogP contribution in [0.25, 0.3) is 11.0 Å². The number of carboxylic acid groups (broad SMARTS) is 3. The molecule has 7 nitrogen and oxygen atoms in total. The predicted octanol–water partition coefficient (Wildman–Crippen LogP) is 1.84. The van der Waals surface area contributed by atoms with Crippen LogP contribution in [0.1, 0.15) is 10.4 Å². The smallest absolute Gasteiger partial charge is 0.335 e. The van der Waals surface area contributed by atoms with Crippen LogP contribution in [0.15, 0.2) is 47.1 Å². The van der Waals surface area contributed by atoms with Gasteiger partial charge in [0.15, 0.2) is 0 Å². The van der Waals surface area contributed by atoms with Crippen LogP contribution < -0.4 is 0 Å². The van der Waals surface area contributed by atoms with Crippen molar-refractivity contribution in [1.29, 1.82) is 0 Å². The average molecular weight is 278 g/mol. The maximum Gasteiger partial charge on any atom is 0.335 e. The molecule has 3 N–H and O–H groups in total. The minimum absolute atomic E-state index is 0.281. The summed E-state index contributed by atoms with van der Waals surface area (Å²) < 4.78 is 5.06. The highest BCUT2D eigenvalue weighted by Gasteiger charge is 2.03. The topological polar surface area (TPSA) is 125 Å². The molecule has 7 heteroatoms. The fraction of sp³-hybridized carbons (Fsp3) is 0. The van der Waals surface area contributed by atoms with E-state index < -0.39 is 17.9 Å². The summed E-state index contributed by atoms with van der Waals surface area (Å²) in [6.45, 7) is 0. The number of rotatable bonds is 3. The lowest BCUT2D eigenvalue weighted by atomic mass is 10.2. The third-order valence-corrected chi connectivity index (χ3v) is 2.07. The molecule has 0 unspecified atom stereocenters. The molecule has 0 radical (unpaired) electrons. The monoisotopic (exact) mass is 278 g/mol. The molecule has 1 heterocycles. The van der Waals surface area contributed by atoms with E-state index in [2.05, 4.69) is 0 Å². The molecule has 0 saturated carbocycles. The SMILES string of the molecule is O=C(O)C=CC(=O)O.O=C(O)c1ccc2occc2c1. The van der Waals surface area contributed by atoms with E-state index in [0.717, 1.165) is 5.39 Å². The van der Waals surface area contributed by atoms with E-state index >= 15 is 0 Å². The Morgan fingerprint density at radius 3 is 2.05 bits per heavy atom. The quantitative estimate of drug-likeness (QED) is 0.731. The van der Waals surface area contributed by atoms with E-state index in [1.807, 2.05) is 0 Å². The summed E-state index contributed by atoms with van der Waals surface area (Å²) in [6, 6.07) is 6.50. The number of fused-ring (bicyclic) bond motifs is 1. The molecule has 2 rings (SSSR count). The van der Waals surface area contributed by atoms with Gasteiger partial charge in [-0.15, -0.1) is 0 Å². The molecule has 0 aliphatic rings. The third kappa shape index (κ3) is 4.65. The van der Waals surface area contributed by atoms with Crippen molar-refractivity contribution in [3.8, 4) is 0 Å². The van der Waals surface area contributed by atoms with Gasteiger partial charge in [-0.2, -0.15) is 0 Å². The van der Waals surface area contributed by atoms with Crippen molar-refractivity contribution in [2.75, 3.05) is 0 Å². The van der Waals surface area contributed by atoms with Crippen LogP contribution in [0.4, 0.5) is 0 Å². The summed E-state index contributed by atoms with van der Waals surface area (Å²) >= 11 is 0. The van der Waals surface area contributed by atoms with Crippen molar-refractivity contribution in [2.45, 2.75) is 0 Å². The lowest BCUT2D eigenvalue weighted by Crippen LogP contribution is -1.94. The number of aromatic carboxylic acids is 1. The molecular formula is C13H10O7. The summed E-state index contributed by atoms with van der Waals surface area (Å²) in [5, 5.41) is 25.1. The number of aliphatic carboxylic acids is 2. The van der Waals surface area contributed by atoms with Gasteiger partial charge in [0.25, 0.3) is 0 Å². The van der Waals surface area contributed by atoms with E-state index in [1.165, 1.54) is 12.3 Å². The molecule has 0 spiro atoms. The molecule has 20 heavy (non-hydrogen) atoms. The van der Waals surface area contributed by atoms with Crippen molar-refractivity contribution in [1.82, 2.24) is 0 Å². The lowest BCUT2D eigenvalue weighted by molar-refractivity contribution is -0.134. The molecule has 104 valence electrons. The first-order chi connectivity index (χ1) is 9.40. The van der Waals surface area contributed by atoms with E-state index in [9.17, 15) is 14.4 Å². The Morgan fingerprint density at radius 1 is 0.950 bits per heavy atom. The minimum Gasteiger partial charge on any atom is -0.478 e. The molecule has 0 atom stereocenters. The van der Waals surface area contributed by atoms with Crippen LogP contribution in [0, 0.1) is 0 Å². The fourth-order valence-corrected chi connectivity index (χ4v) is 1.24. The van der Waals surface area contributed by atoms with Crippen LogP contribution >= 0.6 is 0 Å². The van der Waals surface area contributed by atoms with Crippen LogP contribution in [-0.4, -0.2) is 33.2 Å². The van der Waals surface area contributed by atoms with Crippen LogP contribution in [0.2, 0.25) is 0 Å². The summed E-state index contributed by atoms with van der Waals surface area (Å²) in [6.07, 6.45) is 2.65. The second-order valence-corrected chi connectivity index (χ2v) is 3.49. The van der Waals surface area contributed by atoms with Gasteiger partial charge in [-0.3, -0.25) is 0 Å². The highest BCUT2D eigenvalue weighted by Crippen LogP contribution is 2.16. The normalized spacial score (nSPS) is 10.0. The molecule has 0 bridgehead atoms. The average Bonchev–Trinajstić information content (AvgIpc) is 2.84. The summed E-state index contributed by atoms with van der Waals surface area (Å²) in [5.74, 6) is -3.43. The van der Waals surface area contributed by atoms with Crippen molar-refractivity contribution in [3.63, 3.8) is 0 Å². The molecule has 1 aromatic carbocycles. The zero-order valence-electron chi connectivity index (χ0n) is 10.0. The maximum absolute atomic E-state index is 10.5. The van der Waals surface area contributed by atoms with E-state index in [-0.39, 0.29) is 5.56 Å². The van der Waals surface area contributed by atoms with Gasteiger partial charge in [-0.1, -0.05) is 0 Å². The first-order valence-corrected chi connectivity index (χ1v) is 5.24. The molecule has 1 aromatic heterocycles. The highest BCUT2D eigenvalue weighted by molar-refractivity contribution is 5.92. The molecule has 0 amide bonds. The number of furan rings is 1. The van der Waals surface area contributed by atoms with Crippen molar-refractivity contribution in [3.05, 3.63) is 48.2 Å². The van der Waals surface area contributed by atoms with Crippen molar-refractivity contribution in [2.24, 2.45) is 0 Å². The maximum atomic E-state index is 10.5. The van der Waals surface area contributed by atoms with Crippen LogP contribution in [0.3, 0.4) is 0 Å². The molecule has 0 saturated heterocycles. The lowest BCUT2D eigenvalue weighted by Gasteiger charge is -1.92. The third-order valence-electron chi connectivity index (χ3n) is 2.07. The van der Waals surface area contributed by atoms with Crippen LogP contribution in [-0.2, 0) is 9.59 Å². The Balaban J connectivity index is 0.000000221. The van der Waals surface area contributed by atoms with Gasteiger partial charge in [-0.25, -0.2) is 14.4 Å². The second kappa shape index (κ2) is 6.74. The zero-order chi connectivity index (χ0) is 15.1. The summed E-state index contributed by atoms with van der Waals surface area (Å²) in [7, 11) is 0. The number of hydrogen-bond donors (Lipinski definition) is 3. The summed E-state index contributed by atoms with van der Waals surface area (Å²) in [4.78, 5) is 29.6. The van der Waals surface area contributed by atoms with Gasteiger partial charge in [0.2, 0.25) is 0 Å². The van der Waals surface area contributed by atoms with Gasteiger partial charge in [-0.05, 0) is 24.3 Å². The molecule has 0 aliphatic heterocycles. The number of benzene rings is 1. The van der Waals surface area contributed by atoms with Crippen molar-refractivity contribution < 1.29 is 34.1 Å². The van der Waals surface area contributed by atoms with Gasteiger partial charge in [0.1, 0.15) is 5.58 Å². The molecule has 2 aromatic rings. The van der Waals surface area contributed by atoms with E-state index in [1.54, 1.807) is 18.2 Å². The Bertz CT molecular complexity index is 650. The largest absolute Gasteiger partial charge is 0.478 e. The van der Waals surface area contributed by atoms with Crippen molar-refractivity contribution >= 4 is 28.9 Å². The van der Waals surface area contributed by atoms with Gasteiger partial charge < -0.3 is 19.7 Å². The first kappa shape index (κ1) is 15.0. The molecular weight excluding hydrogens is 268 g/mol. The van der Waals surface area contributed by atoms with Gasteiger partial charge in [0.05, 0.1) is 11.8 Å². The Labute approximate surface area is 112 Å². The molecule has 0 fully saturated rings. The Morgan fingerprint density at radius 2 is 1.55 bits per heavy atom.